The molecule has 2 aromatic heterocycles. The Balaban J connectivity index is 2.28. The maximum atomic E-state index is 12.5. The number of thiophene rings is 1. The van der Waals surface area contributed by atoms with E-state index in [0.717, 1.165) is 26.9 Å². The fraction of sp³-hybridized carbons (Fsp3) is 0.294. The highest BCUT2D eigenvalue weighted by atomic mass is 32.1. The van der Waals surface area contributed by atoms with Gasteiger partial charge in [-0.25, -0.2) is 4.98 Å². The van der Waals surface area contributed by atoms with Gasteiger partial charge in [0.25, 0.3) is 5.56 Å². The number of nitrogens with one attached hydrogen (secondary N) is 1. The fourth-order valence-electron chi connectivity index (χ4n) is 2.47. The lowest BCUT2D eigenvalue weighted by molar-refractivity contribution is 0.597. The molecule has 0 spiro atoms. The van der Waals surface area contributed by atoms with Crippen molar-refractivity contribution in [3.63, 3.8) is 0 Å². The Kier molecular flexibility index (Phi) is 3.21. The van der Waals surface area contributed by atoms with Gasteiger partial charge >= 0.3 is 0 Å². The minimum absolute atomic E-state index is 0.0515. The largest absolute Gasteiger partial charge is 0.306 e. The third-order valence-corrected chi connectivity index (χ3v) is 4.52. The van der Waals surface area contributed by atoms with Crippen LogP contribution in [0, 0.1) is 6.92 Å². The second kappa shape index (κ2) is 4.81. The zero-order chi connectivity index (χ0) is 15.2. The SMILES string of the molecule is Cc1ccccc1-c1nc2scc(C(C)(C)C)c2c(=O)[nH]1. The zero-order valence-corrected chi connectivity index (χ0v) is 13.5. The first-order valence-corrected chi connectivity index (χ1v) is 7.84. The predicted octanol–water partition coefficient (Wildman–Crippen LogP) is 4.26. The van der Waals surface area contributed by atoms with Crippen LogP contribution in [-0.4, -0.2) is 9.97 Å². The van der Waals surface area contributed by atoms with Crippen LogP contribution in [0.5, 0.6) is 0 Å². The van der Waals surface area contributed by atoms with Crippen molar-refractivity contribution < 1.29 is 0 Å². The summed E-state index contributed by atoms with van der Waals surface area (Å²) in [5.41, 5.74) is 3.03. The standard InChI is InChI=1S/C17H18N2OS/c1-10-7-5-6-8-11(10)14-18-15(20)13-12(17(2,3)4)9-21-16(13)19-14/h5-9H,1-4H3,(H,18,19,20). The molecule has 0 saturated heterocycles. The summed E-state index contributed by atoms with van der Waals surface area (Å²) >= 11 is 1.54. The molecule has 0 amide bonds. The number of H-pyrrole nitrogens is 1. The molecule has 0 bridgehead atoms. The summed E-state index contributed by atoms with van der Waals surface area (Å²) < 4.78 is 0. The van der Waals surface area contributed by atoms with Gasteiger partial charge in [0, 0.05) is 5.56 Å². The normalized spacial score (nSPS) is 12.0. The number of fused-ring (bicyclic) bond motifs is 1. The zero-order valence-electron chi connectivity index (χ0n) is 12.7. The van der Waals surface area contributed by atoms with E-state index in [1.54, 1.807) is 0 Å². The average molecular weight is 298 g/mol. The smallest absolute Gasteiger partial charge is 0.260 e. The summed E-state index contributed by atoms with van der Waals surface area (Å²) in [5.74, 6) is 0.646. The highest BCUT2D eigenvalue weighted by Gasteiger charge is 2.21. The molecule has 3 nitrogen and oxygen atoms in total. The Bertz CT molecular complexity index is 868. The number of hydrogen-bond donors (Lipinski definition) is 1. The molecule has 3 rings (SSSR count). The van der Waals surface area contributed by atoms with Crippen LogP contribution in [0.25, 0.3) is 21.6 Å². The number of benzene rings is 1. The van der Waals surface area contributed by atoms with Gasteiger partial charge in [-0.15, -0.1) is 11.3 Å². The van der Waals surface area contributed by atoms with E-state index < -0.39 is 0 Å². The van der Waals surface area contributed by atoms with Crippen molar-refractivity contribution in [2.75, 3.05) is 0 Å². The van der Waals surface area contributed by atoms with Crippen molar-refractivity contribution >= 4 is 21.6 Å². The first-order chi connectivity index (χ1) is 9.88. The van der Waals surface area contributed by atoms with Crippen LogP contribution in [0.2, 0.25) is 0 Å². The van der Waals surface area contributed by atoms with Gasteiger partial charge in [0.2, 0.25) is 0 Å². The molecule has 0 atom stereocenters. The number of aryl methyl sites for hydroxylation is 1. The quantitative estimate of drug-likeness (QED) is 0.729. The number of hydrogen-bond acceptors (Lipinski definition) is 3. The first kappa shape index (κ1) is 14.0. The van der Waals surface area contributed by atoms with E-state index in [1.807, 2.05) is 31.2 Å². The molecular formula is C17H18N2OS. The molecule has 0 fully saturated rings. The van der Waals surface area contributed by atoms with Crippen molar-refractivity contribution in [1.29, 1.82) is 0 Å². The molecule has 3 aromatic rings. The molecule has 0 aliphatic carbocycles. The van der Waals surface area contributed by atoms with Crippen LogP contribution < -0.4 is 5.56 Å². The van der Waals surface area contributed by atoms with Crippen molar-refractivity contribution in [2.45, 2.75) is 33.1 Å². The molecule has 0 radical (unpaired) electrons. The lowest BCUT2D eigenvalue weighted by Gasteiger charge is -2.17. The minimum Gasteiger partial charge on any atom is -0.306 e. The van der Waals surface area contributed by atoms with Gasteiger partial charge in [0.05, 0.1) is 5.39 Å². The lowest BCUT2D eigenvalue weighted by Crippen LogP contribution is -2.16. The lowest BCUT2D eigenvalue weighted by atomic mass is 9.87. The Morgan fingerprint density at radius 2 is 1.90 bits per heavy atom. The average Bonchev–Trinajstić information content (AvgIpc) is 2.83. The monoisotopic (exact) mass is 298 g/mol. The topological polar surface area (TPSA) is 45.8 Å². The number of aromatic nitrogens is 2. The van der Waals surface area contributed by atoms with Crippen LogP contribution >= 0.6 is 11.3 Å². The van der Waals surface area contributed by atoms with E-state index in [1.165, 1.54) is 11.3 Å². The number of rotatable bonds is 1. The third-order valence-electron chi connectivity index (χ3n) is 3.65. The van der Waals surface area contributed by atoms with Crippen LogP contribution in [-0.2, 0) is 5.41 Å². The maximum Gasteiger partial charge on any atom is 0.260 e. The second-order valence-electron chi connectivity index (χ2n) is 6.31. The number of nitrogens with zero attached hydrogens (tertiary/aromatic N) is 1. The first-order valence-electron chi connectivity index (χ1n) is 6.96. The van der Waals surface area contributed by atoms with Crippen molar-refractivity contribution in [2.24, 2.45) is 0 Å². The molecule has 0 aliphatic rings. The third kappa shape index (κ3) is 2.40. The summed E-state index contributed by atoms with van der Waals surface area (Å²) in [7, 11) is 0. The molecule has 1 aromatic carbocycles. The second-order valence-corrected chi connectivity index (χ2v) is 7.17. The molecule has 108 valence electrons. The highest BCUT2D eigenvalue weighted by Crippen LogP contribution is 2.32. The molecule has 4 heteroatoms. The van der Waals surface area contributed by atoms with Crippen LogP contribution in [0.4, 0.5) is 0 Å². The fourth-order valence-corrected chi connectivity index (χ4v) is 3.63. The van der Waals surface area contributed by atoms with Gasteiger partial charge in [0.1, 0.15) is 10.7 Å². The summed E-state index contributed by atoms with van der Waals surface area (Å²) in [6, 6.07) is 7.95. The van der Waals surface area contributed by atoms with Crippen molar-refractivity contribution in [3.05, 3.63) is 51.1 Å². The Hall–Kier alpha value is -1.94. The van der Waals surface area contributed by atoms with Gasteiger partial charge in [-0.05, 0) is 28.8 Å². The summed E-state index contributed by atoms with van der Waals surface area (Å²) in [5, 5.41) is 2.78. The molecule has 0 aliphatic heterocycles. The molecule has 21 heavy (non-hydrogen) atoms. The van der Waals surface area contributed by atoms with E-state index in [-0.39, 0.29) is 11.0 Å². The predicted molar refractivity (Wildman–Crippen MR) is 89.1 cm³/mol. The van der Waals surface area contributed by atoms with Crippen LogP contribution in [0.15, 0.2) is 34.4 Å². The highest BCUT2D eigenvalue weighted by molar-refractivity contribution is 7.16. The maximum absolute atomic E-state index is 12.5. The van der Waals surface area contributed by atoms with E-state index in [9.17, 15) is 4.79 Å². The minimum atomic E-state index is -0.0584. The van der Waals surface area contributed by atoms with Crippen molar-refractivity contribution in [1.82, 2.24) is 9.97 Å². The van der Waals surface area contributed by atoms with Gasteiger partial charge in [-0.3, -0.25) is 4.79 Å². The van der Waals surface area contributed by atoms with Gasteiger partial charge in [-0.2, -0.15) is 0 Å². The van der Waals surface area contributed by atoms with Crippen molar-refractivity contribution in [3.8, 4) is 11.4 Å². The summed E-state index contributed by atoms with van der Waals surface area (Å²) in [4.78, 5) is 20.9. The van der Waals surface area contributed by atoms with E-state index in [0.29, 0.717) is 5.82 Å². The van der Waals surface area contributed by atoms with E-state index in [4.69, 9.17) is 0 Å². The van der Waals surface area contributed by atoms with E-state index in [2.05, 4.69) is 36.1 Å². The summed E-state index contributed by atoms with van der Waals surface area (Å²) in [6.07, 6.45) is 0. The summed E-state index contributed by atoms with van der Waals surface area (Å²) in [6.45, 7) is 8.37. The van der Waals surface area contributed by atoms with Gasteiger partial charge in [0.15, 0.2) is 0 Å². The van der Waals surface area contributed by atoms with Crippen LogP contribution in [0.1, 0.15) is 31.9 Å². The van der Waals surface area contributed by atoms with E-state index >= 15 is 0 Å². The Labute approximate surface area is 127 Å². The molecule has 0 unspecified atom stereocenters. The van der Waals surface area contributed by atoms with Crippen LogP contribution in [0.3, 0.4) is 0 Å². The molecular weight excluding hydrogens is 280 g/mol. The number of aromatic amines is 1. The Morgan fingerprint density at radius 3 is 2.57 bits per heavy atom. The molecule has 2 heterocycles. The molecule has 1 N–H and O–H groups in total. The van der Waals surface area contributed by atoms with Gasteiger partial charge < -0.3 is 4.98 Å². The Morgan fingerprint density at radius 1 is 1.19 bits per heavy atom. The molecule has 0 saturated carbocycles. The van der Waals surface area contributed by atoms with Gasteiger partial charge in [-0.1, -0.05) is 45.0 Å².